The van der Waals surface area contributed by atoms with E-state index in [9.17, 15) is 27.2 Å². The van der Waals surface area contributed by atoms with Gasteiger partial charge in [0.25, 0.3) is 5.91 Å². The number of halogens is 4. The predicted molar refractivity (Wildman–Crippen MR) is 98.7 cm³/mol. The Kier molecular flexibility index (Phi) is 5.14. The van der Waals surface area contributed by atoms with Crippen LogP contribution in [-0.2, 0) is 9.59 Å². The van der Waals surface area contributed by atoms with E-state index in [0.29, 0.717) is 5.56 Å². The number of nitrogens with zero attached hydrogens (tertiary/aromatic N) is 1. The second-order valence-electron chi connectivity index (χ2n) is 5.66. The summed E-state index contributed by atoms with van der Waals surface area (Å²) < 4.78 is 51.1. The molecule has 10 heteroatoms. The normalized spacial score (nSPS) is 15.7. The second-order valence-corrected chi connectivity index (χ2v) is 6.04. The molecule has 0 spiro atoms. The molecular formula is C18H11F4N3O2S. The van der Waals surface area contributed by atoms with Crippen LogP contribution < -0.4 is 15.5 Å². The Balaban J connectivity index is 1.86. The number of thiocarbonyl (C=S) groups is 1. The van der Waals surface area contributed by atoms with Crippen LogP contribution in [0.25, 0.3) is 6.08 Å². The van der Waals surface area contributed by atoms with Crippen molar-refractivity contribution < 1.29 is 27.2 Å². The maximum Gasteiger partial charge on any atom is 0.471 e. The summed E-state index contributed by atoms with van der Waals surface area (Å²) >= 11 is 5.08. The van der Waals surface area contributed by atoms with Gasteiger partial charge in [0, 0.05) is 5.69 Å². The molecule has 3 rings (SSSR count). The lowest BCUT2D eigenvalue weighted by molar-refractivity contribution is -0.167. The van der Waals surface area contributed by atoms with Gasteiger partial charge in [-0.25, -0.2) is 9.29 Å². The molecule has 5 nitrogen and oxygen atoms in total. The highest BCUT2D eigenvalue weighted by molar-refractivity contribution is 7.80. The minimum absolute atomic E-state index is 0.00699. The molecule has 0 atom stereocenters. The van der Waals surface area contributed by atoms with E-state index < -0.39 is 23.8 Å². The summed E-state index contributed by atoms with van der Waals surface area (Å²) in [4.78, 5) is 24.6. The molecule has 0 aromatic heterocycles. The number of rotatable bonds is 3. The van der Waals surface area contributed by atoms with Crippen LogP contribution in [-0.4, -0.2) is 23.1 Å². The number of hydrogen-bond donors (Lipinski definition) is 2. The van der Waals surface area contributed by atoms with E-state index >= 15 is 0 Å². The molecule has 0 radical (unpaired) electrons. The largest absolute Gasteiger partial charge is 0.471 e. The highest BCUT2D eigenvalue weighted by Crippen LogP contribution is 2.25. The standard InChI is InChI=1S/C18H11F4N3O2S/c19-12-6-1-2-7-14(12)25-15(26)13(24-17(25)28)9-10-4-3-5-11(8-10)23-16(27)18(20,21)22/h1-9H,(H,23,27)(H,24,28)/b13-9+. The molecule has 0 unspecified atom stereocenters. The SMILES string of the molecule is O=C1/C(=C\c2cccc(NC(=O)C(F)(F)F)c2)NC(=S)N1c1ccccc1F. The number of alkyl halides is 3. The zero-order valence-electron chi connectivity index (χ0n) is 13.9. The van der Waals surface area contributed by atoms with Crippen LogP contribution >= 0.6 is 12.2 Å². The van der Waals surface area contributed by atoms with Crippen LogP contribution in [0.1, 0.15) is 5.56 Å². The molecule has 2 N–H and O–H groups in total. The van der Waals surface area contributed by atoms with E-state index in [-0.39, 0.29) is 22.2 Å². The van der Waals surface area contributed by atoms with Gasteiger partial charge in [0.2, 0.25) is 0 Å². The van der Waals surface area contributed by atoms with Crippen LogP contribution in [0.3, 0.4) is 0 Å². The van der Waals surface area contributed by atoms with Gasteiger partial charge in [-0.3, -0.25) is 9.59 Å². The van der Waals surface area contributed by atoms with Crippen molar-refractivity contribution in [1.82, 2.24) is 5.32 Å². The van der Waals surface area contributed by atoms with Crippen LogP contribution in [0.15, 0.2) is 54.2 Å². The molecule has 28 heavy (non-hydrogen) atoms. The second kappa shape index (κ2) is 7.39. The number of para-hydroxylation sites is 1. The summed E-state index contributed by atoms with van der Waals surface area (Å²) in [6, 6.07) is 11.0. The summed E-state index contributed by atoms with van der Waals surface area (Å²) in [5.41, 5.74) is 0.205. The topological polar surface area (TPSA) is 61.4 Å². The van der Waals surface area contributed by atoms with Crippen molar-refractivity contribution in [2.24, 2.45) is 0 Å². The van der Waals surface area contributed by atoms with Crippen molar-refractivity contribution in [2.45, 2.75) is 6.18 Å². The number of benzene rings is 2. The highest BCUT2D eigenvalue weighted by atomic mass is 32.1. The van der Waals surface area contributed by atoms with Crippen molar-refractivity contribution >= 4 is 46.6 Å². The third kappa shape index (κ3) is 4.01. The molecule has 1 saturated heterocycles. The zero-order valence-corrected chi connectivity index (χ0v) is 14.7. The monoisotopic (exact) mass is 409 g/mol. The van der Waals surface area contributed by atoms with E-state index in [2.05, 4.69) is 5.32 Å². The molecule has 1 fully saturated rings. The van der Waals surface area contributed by atoms with E-state index in [1.165, 1.54) is 48.5 Å². The zero-order chi connectivity index (χ0) is 20.5. The number of carbonyl (C=O) groups is 2. The van der Waals surface area contributed by atoms with Gasteiger partial charge in [-0.1, -0.05) is 24.3 Å². The summed E-state index contributed by atoms with van der Waals surface area (Å²) in [7, 11) is 0. The fourth-order valence-electron chi connectivity index (χ4n) is 2.46. The first-order chi connectivity index (χ1) is 13.2. The number of carbonyl (C=O) groups excluding carboxylic acids is 2. The first kappa shape index (κ1) is 19.5. The van der Waals surface area contributed by atoms with Gasteiger partial charge in [-0.05, 0) is 48.1 Å². The Hall–Kier alpha value is -3.27. The van der Waals surface area contributed by atoms with Gasteiger partial charge in [0.05, 0.1) is 5.69 Å². The lowest BCUT2D eigenvalue weighted by atomic mass is 10.1. The number of anilines is 2. The van der Waals surface area contributed by atoms with E-state index in [0.717, 1.165) is 4.90 Å². The molecule has 144 valence electrons. The van der Waals surface area contributed by atoms with Gasteiger partial charge in [-0.15, -0.1) is 0 Å². The van der Waals surface area contributed by atoms with Crippen LogP contribution in [0.5, 0.6) is 0 Å². The fourth-order valence-corrected chi connectivity index (χ4v) is 2.75. The molecule has 1 aliphatic rings. The Morgan fingerprint density at radius 1 is 1.14 bits per heavy atom. The van der Waals surface area contributed by atoms with E-state index in [4.69, 9.17) is 12.2 Å². The minimum Gasteiger partial charge on any atom is -0.327 e. The molecule has 2 amide bonds. The smallest absolute Gasteiger partial charge is 0.327 e. The Morgan fingerprint density at radius 3 is 2.54 bits per heavy atom. The quantitative estimate of drug-likeness (QED) is 0.462. The lowest BCUT2D eigenvalue weighted by Crippen LogP contribution is -2.31. The maximum atomic E-state index is 14.0. The summed E-state index contributed by atoms with van der Waals surface area (Å²) in [6.07, 6.45) is -3.69. The Bertz CT molecular complexity index is 1000. The Morgan fingerprint density at radius 2 is 1.86 bits per heavy atom. The van der Waals surface area contributed by atoms with Gasteiger partial charge in [0.15, 0.2) is 5.11 Å². The van der Waals surface area contributed by atoms with Gasteiger partial charge in [0.1, 0.15) is 11.5 Å². The molecule has 1 aliphatic heterocycles. The fraction of sp³-hybridized carbons (Fsp3) is 0.0556. The first-order valence-electron chi connectivity index (χ1n) is 7.77. The summed E-state index contributed by atoms with van der Waals surface area (Å²) in [6.45, 7) is 0. The van der Waals surface area contributed by atoms with Crippen molar-refractivity contribution in [3.63, 3.8) is 0 Å². The van der Waals surface area contributed by atoms with Crippen LogP contribution in [0.4, 0.5) is 28.9 Å². The van der Waals surface area contributed by atoms with Gasteiger partial charge in [-0.2, -0.15) is 13.2 Å². The van der Waals surface area contributed by atoms with E-state index in [1.54, 1.807) is 11.4 Å². The van der Waals surface area contributed by atoms with Crippen molar-refractivity contribution in [3.05, 3.63) is 65.6 Å². The minimum atomic E-state index is -5.02. The Labute approximate surface area is 161 Å². The van der Waals surface area contributed by atoms with Gasteiger partial charge >= 0.3 is 12.1 Å². The molecule has 2 aromatic carbocycles. The third-order valence-corrected chi connectivity index (χ3v) is 3.97. The molecule has 2 aromatic rings. The highest BCUT2D eigenvalue weighted by Gasteiger charge is 2.38. The average molecular weight is 409 g/mol. The van der Waals surface area contributed by atoms with Crippen molar-refractivity contribution in [1.29, 1.82) is 0 Å². The maximum absolute atomic E-state index is 14.0. The number of hydrogen-bond acceptors (Lipinski definition) is 3. The summed E-state index contributed by atoms with van der Waals surface area (Å²) in [5, 5.41) is 4.33. The molecular weight excluding hydrogens is 398 g/mol. The average Bonchev–Trinajstić information content (AvgIpc) is 2.89. The predicted octanol–water partition coefficient (Wildman–Crippen LogP) is 3.59. The third-order valence-electron chi connectivity index (χ3n) is 3.68. The van der Waals surface area contributed by atoms with Crippen LogP contribution in [0, 0.1) is 5.82 Å². The molecule has 0 saturated carbocycles. The van der Waals surface area contributed by atoms with Gasteiger partial charge < -0.3 is 10.6 Å². The number of nitrogens with one attached hydrogen (secondary N) is 2. The first-order valence-corrected chi connectivity index (χ1v) is 8.17. The number of amides is 2. The van der Waals surface area contributed by atoms with E-state index in [1.807, 2.05) is 0 Å². The molecule has 1 heterocycles. The lowest BCUT2D eigenvalue weighted by Gasteiger charge is -2.14. The molecule has 0 aliphatic carbocycles. The molecule has 0 bridgehead atoms. The summed E-state index contributed by atoms with van der Waals surface area (Å²) in [5.74, 6) is -3.38. The van der Waals surface area contributed by atoms with Crippen molar-refractivity contribution in [3.8, 4) is 0 Å². The van der Waals surface area contributed by atoms with Crippen molar-refractivity contribution in [2.75, 3.05) is 10.2 Å². The van der Waals surface area contributed by atoms with Crippen LogP contribution in [0.2, 0.25) is 0 Å².